The van der Waals surface area contributed by atoms with Crippen LogP contribution in [0.4, 0.5) is 0 Å². The molecule has 0 saturated heterocycles. The standard InChI is InChI=1S/C47H54N4O.Pt/c1-9-14-34-21-22-48-45(25-34)50-42-18-13-12-17-39(42)40-20-19-37(29-44(40)50)52-38-27-35(30(4)5)26-36(28-38)51-43(16-11-3)47(41(49-51)15-10-2)46-32(7)23-31(6)24-33(46)8;/h12-13,17-23,25-27,30-31,33,46H,9-11,14-16,24H2,1-8H3;/q-2;+2/t31-,33-,46?;/m0./s1. The zero-order valence-corrected chi connectivity index (χ0v) is 35.0. The van der Waals surface area contributed by atoms with Gasteiger partial charge in [0.25, 0.3) is 0 Å². The number of aromatic nitrogens is 4. The van der Waals surface area contributed by atoms with E-state index in [1.54, 1.807) is 0 Å². The SMILES string of the molecule is CCCc1ccnc(-n2c3[c-]c(Oc4[c-]c(-n5nc(CCC)c(C6C(C)=C[C@H](C)C[C@@H]6C)c5CCC)cc(C(C)C)c4)ccc3c3ccccc32)c1.[Pt+2]. The monoisotopic (exact) mass is 885 g/mol. The Bertz CT molecular complexity index is 2240. The number of ether oxygens (including phenoxy) is 1. The quantitative estimate of drug-likeness (QED) is 0.0908. The third kappa shape index (κ3) is 7.70. The number of allylic oxidation sites excluding steroid dienone is 2. The van der Waals surface area contributed by atoms with Crippen molar-refractivity contribution in [3.63, 3.8) is 0 Å². The van der Waals surface area contributed by atoms with Gasteiger partial charge < -0.3 is 9.30 Å². The van der Waals surface area contributed by atoms with Crippen molar-refractivity contribution in [2.45, 2.75) is 112 Å². The molecule has 7 rings (SSSR count). The number of fused-ring (bicyclic) bond motifs is 3. The van der Waals surface area contributed by atoms with Gasteiger partial charge in [-0.15, -0.1) is 41.3 Å². The van der Waals surface area contributed by atoms with Crippen LogP contribution in [0.3, 0.4) is 0 Å². The van der Waals surface area contributed by atoms with E-state index in [0.29, 0.717) is 35.2 Å². The number of nitrogens with zero attached hydrogens (tertiary/aromatic N) is 4. The summed E-state index contributed by atoms with van der Waals surface area (Å²) in [4.78, 5) is 4.83. The van der Waals surface area contributed by atoms with Crippen molar-refractivity contribution in [3.8, 4) is 23.0 Å². The zero-order chi connectivity index (χ0) is 36.5. The fourth-order valence-corrected chi connectivity index (χ4v) is 8.65. The molecule has 3 aromatic carbocycles. The largest absolute Gasteiger partial charge is 2.00 e. The van der Waals surface area contributed by atoms with E-state index in [0.717, 1.165) is 66.4 Å². The fraction of sp³-hybridized carbons (Fsp3) is 0.404. The summed E-state index contributed by atoms with van der Waals surface area (Å²) >= 11 is 0. The molecule has 0 bridgehead atoms. The van der Waals surface area contributed by atoms with Crippen molar-refractivity contribution in [3.05, 3.63) is 119 Å². The molecule has 278 valence electrons. The van der Waals surface area contributed by atoms with Crippen molar-refractivity contribution in [1.29, 1.82) is 0 Å². The molecule has 0 amide bonds. The Hall–Kier alpha value is -3.95. The summed E-state index contributed by atoms with van der Waals surface area (Å²) in [6, 6.07) is 28.8. The summed E-state index contributed by atoms with van der Waals surface area (Å²) in [7, 11) is 0. The van der Waals surface area contributed by atoms with Crippen molar-refractivity contribution >= 4 is 21.8 Å². The van der Waals surface area contributed by atoms with E-state index < -0.39 is 0 Å². The summed E-state index contributed by atoms with van der Waals surface area (Å²) in [6.07, 6.45) is 11.8. The Morgan fingerprint density at radius 2 is 1.64 bits per heavy atom. The van der Waals surface area contributed by atoms with Gasteiger partial charge in [-0.1, -0.05) is 103 Å². The van der Waals surface area contributed by atoms with Gasteiger partial charge in [-0.3, -0.25) is 4.68 Å². The predicted octanol–water partition coefficient (Wildman–Crippen LogP) is 12.4. The van der Waals surface area contributed by atoms with Crippen LogP contribution in [-0.4, -0.2) is 19.3 Å². The fourth-order valence-electron chi connectivity index (χ4n) is 8.65. The van der Waals surface area contributed by atoms with E-state index in [1.807, 2.05) is 12.3 Å². The van der Waals surface area contributed by atoms with Crippen molar-refractivity contribution < 1.29 is 25.8 Å². The molecular weight excluding hydrogens is 832 g/mol. The van der Waals surface area contributed by atoms with Gasteiger partial charge in [0.2, 0.25) is 0 Å². The number of hydrogen-bond acceptors (Lipinski definition) is 3. The van der Waals surface area contributed by atoms with Crippen molar-refractivity contribution in [1.82, 2.24) is 19.3 Å². The Labute approximate surface area is 331 Å². The molecule has 3 aromatic heterocycles. The summed E-state index contributed by atoms with van der Waals surface area (Å²) in [5.41, 5.74) is 11.0. The molecule has 3 heterocycles. The molecule has 0 N–H and O–H groups in total. The molecule has 6 aromatic rings. The molecule has 0 aliphatic heterocycles. The first-order valence-corrected chi connectivity index (χ1v) is 19.7. The average Bonchev–Trinajstić information content (AvgIpc) is 3.63. The van der Waals surface area contributed by atoms with Gasteiger partial charge >= 0.3 is 21.1 Å². The number of aryl methyl sites for hydroxylation is 2. The average molecular weight is 886 g/mol. The minimum absolute atomic E-state index is 0. The van der Waals surface area contributed by atoms with Crippen LogP contribution < -0.4 is 4.74 Å². The van der Waals surface area contributed by atoms with Gasteiger partial charge in [0.1, 0.15) is 5.82 Å². The van der Waals surface area contributed by atoms with Crippen LogP contribution in [0.25, 0.3) is 33.3 Å². The van der Waals surface area contributed by atoms with Crippen LogP contribution in [0, 0.1) is 24.0 Å². The number of hydrogen-bond donors (Lipinski definition) is 0. The third-order valence-electron chi connectivity index (χ3n) is 10.8. The van der Waals surface area contributed by atoms with Crippen LogP contribution in [0.15, 0.2) is 78.5 Å². The van der Waals surface area contributed by atoms with Crippen LogP contribution in [0.1, 0.15) is 121 Å². The van der Waals surface area contributed by atoms with Gasteiger partial charge in [-0.05, 0) is 85.2 Å². The maximum atomic E-state index is 6.74. The number of benzene rings is 3. The second-order valence-electron chi connectivity index (χ2n) is 15.4. The number of para-hydroxylation sites is 1. The molecule has 0 spiro atoms. The second-order valence-corrected chi connectivity index (χ2v) is 15.4. The summed E-state index contributed by atoms with van der Waals surface area (Å²) in [6.45, 7) is 18.3. The molecule has 1 aliphatic rings. The van der Waals surface area contributed by atoms with Crippen LogP contribution in [0.2, 0.25) is 0 Å². The molecule has 0 fully saturated rings. The van der Waals surface area contributed by atoms with E-state index in [4.69, 9.17) is 14.8 Å². The summed E-state index contributed by atoms with van der Waals surface area (Å²) in [5.74, 6) is 4.10. The second kappa shape index (κ2) is 16.6. The van der Waals surface area contributed by atoms with Crippen molar-refractivity contribution in [2.75, 3.05) is 0 Å². The number of rotatable bonds is 12. The molecule has 53 heavy (non-hydrogen) atoms. The molecule has 1 unspecified atom stereocenters. The van der Waals surface area contributed by atoms with Gasteiger partial charge in [-0.2, -0.15) is 11.2 Å². The maximum absolute atomic E-state index is 6.74. The molecule has 6 heteroatoms. The Kier molecular flexibility index (Phi) is 12.1. The molecule has 0 saturated carbocycles. The maximum Gasteiger partial charge on any atom is 2.00 e. The van der Waals surface area contributed by atoms with E-state index in [2.05, 4.69) is 137 Å². The molecule has 5 nitrogen and oxygen atoms in total. The smallest absolute Gasteiger partial charge is 0.509 e. The predicted molar refractivity (Wildman–Crippen MR) is 215 cm³/mol. The minimum Gasteiger partial charge on any atom is -0.509 e. The van der Waals surface area contributed by atoms with E-state index >= 15 is 0 Å². The summed E-state index contributed by atoms with van der Waals surface area (Å²) in [5, 5.41) is 7.71. The van der Waals surface area contributed by atoms with Gasteiger partial charge in [-0.25, -0.2) is 4.98 Å². The van der Waals surface area contributed by atoms with E-state index in [9.17, 15) is 0 Å². The minimum atomic E-state index is 0. The first-order chi connectivity index (χ1) is 25.2. The molecular formula is C47H54N4OPt. The van der Waals surface area contributed by atoms with E-state index in [-0.39, 0.29) is 21.1 Å². The Morgan fingerprint density at radius 3 is 2.38 bits per heavy atom. The first-order valence-electron chi connectivity index (χ1n) is 19.7. The van der Waals surface area contributed by atoms with Crippen molar-refractivity contribution in [2.24, 2.45) is 11.8 Å². The number of pyridine rings is 1. The Balaban J connectivity index is 0.00000481. The summed E-state index contributed by atoms with van der Waals surface area (Å²) < 4.78 is 11.2. The van der Waals surface area contributed by atoms with Crippen LogP contribution in [-0.2, 0) is 40.3 Å². The van der Waals surface area contributed by atoms with Crippen LogP contribution in [0.5, 0.6) is 11.5 Å². The molecule has 1 aliphatic carbocycles. The third-order valence-corrected chi connectivity index (χ3v) is 10.8. The Morgan fingerprint density at radius 1 is 0.868 bits per heavy atom. The molecule has 0 radical (unpaired) electrons. The topological polar surface area (TPSA) is 44.9 Å². The zero-order valence-electron chi connectivity index (χ0n) is 32.7. The first kappa shape index (κ1) is 38.8. The van der Waals surface area contributed by atoms with Gasteiger partial charge in [0.05, 0.1) is 5.69 Å². The van der Waals surface area contributed by atoms with Gasteiger partial charge in [0.15, 0.2) is 0 Å². The molecule has 3 atom stereocenters. The van der Waals surface area contributed by atoms with E-state index in [1.165, 1.54) is 45.5 Å². The van der Waals surface area contributed by atoms with Crippen LogP contribution >= 0.6 is 0 Å². The normalized spacial score (nSPS) is 17.4. The van der Waals surface area contributed by atoms with Gasteiger partial charge in [0, 0.05) is 40.4 Å².